The average Bonchev–Trinajstić information content (AvgIpc) is 2.34. The summed E-state index contributed by atoms with van der Waals surface area (Å²) in [7, 11) is 0. The number of piperidine rings is 1. The predicted molar refractivity (Wildman–Crippen MR) is 75.9 cm³/mol. The minimum Gasteiger partial charge on any atom is -0.299 e. The monoisotopic (exact) mass is 363 g/mol. The number of benzene rings is 1. The van der Waals surface area contributed by atoms with Crippen LogP contribution in [0, 0.1) is 11.7 Å². The van der Waals surface area contributed by atoms with Crippen molar-refractivity contribution in [1.82, 2.24) is 4.90 Å². The third-order valence-corrected chi connectivity index (χ3v) is 4.99. The van der Waals surface area contributed by atoms with E-state index >= 15 is 0 Å². The molecular weight excluding hydrogens is 349 g/mol. The van der Waals surface area contributed by atoms with Crippen molar-refractivity contribution in [2.45, 2.75) is 19.4 Å². The van der Waals surface area contributed by atoms with Gasteiger partial charge in [0.2, 0.25) is 0 Å². The Morgan fingerprint density at radius 1 is 1.29 bits per heavy atom. The number of halogens is 3. The molecule has 1 saturated heterocycles. The molecule has 4 heteroatoms. The smallest absolute Gasteiger partial charge is 0.124 e. The van der Waals surface area contributed by atoms with Gasteiger partial charge in [-0.2, -0.15) is 0 Å². The third kappa shape index (κ3) is 3.76. The van der Waals surface area contributed by atoms with Crippen molar-refractivity contribution >= 4 is 31.9 Å². The Morgan fingerprint density at radius 2 is 2.00 bits per heavy atom. The van der Waals surface area contributed by atoms with E-state index in [-0.39, 0.29) is 5.82 Å². The predicted octanol–water partition coefficient (Wildman–Crippen LogP) is 4.20. The number of hydrogen-bond acceptors (Lipinski definition) is 1. The maximum atomic E-state index is 13.0. The molecule has 0 saturated carbocycles. The fraction of sp³-hybridized carbons (Fsp3) is 0.538. The molecule has 1 heterocycles. The van der Waals surface area contributed by atoms with Crippen LogP contribution in [0.15, 0.2) is 22.7 Å². The summed E-state index contributed by atoms with van der Waals surface area (Å²) in [6.07, 6.45) is 2.51. The number of rotatable bonds is 3. The van der Waals surface area contributed by atoms with Gasteiger partial charge in [-0.25, -0.2) is 4.39 Å². The molecule has 0 atom stereocenters. The molecule has 2 rings (SSSR count). The number of nitrogens with zero attached hydrogens (tertiary/aromatic N) is 1. The summed E-state index contributed by atoms with van der Waals surface area (Å²) in [5.74, 6) is 0.640. The Hall–Kier alpha value is 0.0700. The molecule has 94 valence electrons. The van der Waals surface area contributed by atoms with Gasteiger partial charge in [-0.05, 0) is 49.5 Å². The Kier molecular flexibility index (Phi) is 5.00. The van der Waals surface area contributed by atoms with Crippen LogP contribution in [0.3, 0.4) is 0 Å². The van der Waals surface area contributed by atoms with Gasteiger partial charge >= 0.3 is 0 Å². The molecule has 1 aromatic carbocycles. The van der Waals surface area contributed by atoms with E-state index in [1.54, 1.807) is 6.07 Å². The van der Waals surface area contributed by atoms with Crippen LogP contribution in [0.4, 0.5) is 4.39 Å². The molecule has 0 aromatic heterocycles. The van der Waals surface area contributed by atoms with Gasteiger partial charge in [-0.1, -0.05) is 37.9 Å². The van der Waals surface area contributed by atoms with Gasteiger partial charge in [-0.3, -0.25) is 4.90 Å². The fourth-order valence-corrected chi connectivity index (χ4v) is 3.31. The van der Waals surface area contributed by atoms with E-state index in [9.17, 15) is 4.39 Å². The molecule has 0 unspecified atom stereocenters. The Morgan fingerprint density at radius 3 is 2.59 bits per heavy atom. The lowest BCUT2D eigenvalue weighted by atomic mass is 9.99. The minimum absolute atomic E-state index is 0.182. The highest BCUT2D eigenvalue weighted by Gasteiger charge is 2.18. The average molecular weight is 365 g/mol. The lowest BCUT2D eigenvalue weighted by molar-refractivity contribution is 0.187. The summed E-state index contributed by atoms with van der Waals surface area (Å²) >= 11 is 6.97. The summed E-state index contributed by atoms with van der Waals surface area (Å²) in [6, 6.07) is 4.95. The van der Waals surface area contributed by atoms with Gasteiger partial charge in [0.15, 0.2) is 0 Å². The van der Waals surface area contributed by atoms with Gasteiger partial charge in [0.25, 0.3) is 0 Å². The number of alkyl halides is 1. The maximum Gasteiger partial charge on any atom is 0.124 e. The van der Waals surface area contributed by atoms with Crippen LogP contribution in [0.5, 0.6) is 0 Å². The van der Waals surface area contributed by atoms with Crippen molar-refractivity contribution in [2.24, 2.45) is 5.92 Å². The van der Waals surface area contributed by atoms with Crippen molar-refractivity contribution in [2.75, 3.05) is 18.4 Å². The summed E-state index contributed by atoms with van der Waals surface area (Å²) in [5, 5.41) is 1.11. The zero-order valence-corrected chi connectivity index (χ0v) is 12.8. The van der Waals surface area contributed by atoms with E-state index in [0.717, 1.165) is 35.4 Å². The van der Waals surface area contributed by atoms with E-state index in [4.69, 9.17) is 0 Å². The molecule has 0 N–H and O–H groups in total. The SMILES string of the molecule is Fc1ccc(CN2CCC(CBr)CC2)c(Br)c1. The molecule has 1 nitrogen and oxygen atoms in total. The van der Waals surface area contributed by atoms with Crippen molar-refractivity contribution < 1.29 is 4.39 Å². The second-order valence-corrected chi connectivity index (χ2v) is 6.11. The van der Waals surface area contributed by atoms with Crippen molar-refractivity contribution in [3.8, 4) is 0 Å². The second-order valence-electron chi connectivity index (χ2n) is 4.61. The first-order valence-electron chi connectivity index (χ1n) is 5.91. The number of hydrogen-bond donors (Lipinski definition) is 0. The van der Waals surface area contributed by atoms with Crippen LogP contribution in [-0.2, 0) is 6.54 Å². The highest BCUT2D eigenvalue weighted by Crippen LogP contribution is 2.24. The van der Waals surface area contributed by atoms with Crippen molar-refractivity contribution in [3.05, 3.63) is 34.1 Å². The van der Waals surface area contributed by atoms with Crippen LogP contribution in [-0.4, -0.2) is 23.3 Å². The lowest BCUT2D eigenvalue weighted by Crippen LogP contribution is -2.33. The Labute approximate surface area is 119 Å². The topological polar surface area (TPSA) is 3.24 Å². The molecule has 1 aromatic rings. The first-order chi connectivity index (χ1) is 8.19. The first-order valence-corrected chi connectivity index (χ1v) is 7.82. The van der Waals surface area contributed by atoms with Gasteiger partial charge in [0, 0.05) is 16.3 Å². The normalized spacial score (nSPS) is 18.5. The summed E-state index contributed by atoms with van der Waals surface area (Å²) < 4.78 is 13.8. The standard InChI is InChI=1S/C13H16Br2FN/c14-8-10-3-5-17(6-4-10)9-11-1-2-12(16)7-13(11)15/h1-2,7,10H,3-6,8-9H2. The maximum absolute atomic E-state index is 13.0. The van der Waals surface area contributed by atoms with Crippen LogP contribution in [0.2, 0.25) is 0 Å². The molecular formula is C13H16Br2FN. The molecule has 0 amide bonds. The van der Waals surface area contributed by atoms with Gasteiger partial charge in [0.1, 0.15) is 5.82 Å². The molecule has 0 bridgehead atoms. The molecule has 0 radical (unpaired) electrons. The van der Waals surface area contributed by atoms with Gasteiger partial charge in [-0.15, -0.1) is 0 Å². The highest BCUT2D eigenvalue weighted by atomic mass is 79.9. The zero-order chi connectivity index (χ0) is 12.3. The third-order valence-electron chi connectivity index (χ3n) is 3.33. The largest absolute Gasteiger partial charge is 0.299 e. The van der Waals surface area contributed by atoms with Crippen LogP contribution < -0.4 is 0 Å². The Bertz CT molecular complexity index is 376. The zero-order valence-electron chi connectivity index (χ0n) is 9.63. The summed E-state index contributed by atoms with van der Waals surface area (Å²) in [4.78, 5) is 2.44. The second kappa shape index (κ2) is 6.30. The lowest BCUT2D eigenvalue weighted by Gasteiger charge is -2.31. The van der Waals surface area contributed by atoms with Crippen LogP contribution in [0.1, 0.15) is 18.4 Å². The van der Waals surface area contributed by atoms with E-state index < -0.39 is 0 Å². The molecule has 0 spiro atoms. The van der Waals surface area contributed by atoms with Gasteiger partial charge in [0.05, 0.1) is 0 Å². The van der Waals surface area contributed by atoms with Crippen molar-refractivity contribution in [3.63, 3.8) is 0 Å². The summed E-state index contributed by atoms with van der Waals surface area (Å²) in [5.41, 5.74) is 1.17. The fourth-order valence-electron chi connectivity index (χ4n) is 2.19. The van der Waals surface area contributed by atoms with E-state index in [1.807, 2.05) is 6.07 Å². The number of likely N-dealkylation sites (tertiary alicyclic amines) is 1. The van der Waals surface area contributed by atoms with Gasteiger partial charge < -0.3 is 0 Å². The van der Waals surface area contributed by atoms with E-state index in [1.165, 1.54) is 24.5 Å². The van der Waals surface area contributed by atoms with E-state index in [2.05, 4.69) is 36.8 Å². The molecule has 0 aliphatic carbocycles. The van der Waals surface area contributed by atoms with Crippen LogP contribution >= 0.6 is 31.9 Å². The van der Waals surface area contributed by atoms with E-state index in [0.29, 0.717) is 0 Å². The molecule has 1 aliphatic heterocycles. The molecule has 17 heavy (non-hydrogen) atoms. The summed E-state index contributed by atoms with van der Waals surface area (Å²) in [6.45, 7) is 3.19. The first kappa shape index (κ1) is 13.5. The quantitative estimate of drug-likeness (QED) is 0.726. The Balaban J connectivity index is 1.93. The molecule has 1 fully saturated rings. The minimum atomic E-state index is -0.182. The van der Waals surface area contributed by atoms with Crippen LogP contribution in [0.25, 0.3) is 0 Å². The van der Waals surface area contributed by atoms with Crippen molar-refractivity contribution in [1.29, 1.82) is 0 Å². The molecule has 1 aliphatic rings. The highest BCUT2D eigenvalue weighted by molar-refractivity contribution is 9.10.